The molecule has 0 aliphatic rings. The van der Waals surface area contributed by atoms with E-state index in [1.807, 2.05) is 37.4 Å². The van der Waals surface area contributed by atoms with E-state index in [-0.39, 0.29) is 5.91 Å². The number of hydrogen-bond donors (Lipinski definition) is 1. The van der Waals surface area contributed by atoms with Gasteiger partial charge in [-0.15, -0.1) is 11.8 Å². The fraction of sp³-hybridized carbons (Fsp3) is 0.133. The lowest BCUT2D eigenvalue weighted by Gasteiger charge is -2.09. The van der Waals surface area contributed by atoms with Gasteiger partial charge in [-0.25, -0.2) is 0 Å². The second kappa shape index (κ2) is 6.66. The van der Waals surface area contributed by atoms with Crippen LogP contribution in [0.4, 0.5) is 5.69 Å². The van der Waals surface area contributed by atoms with E-state index in [0.29, 0.717) is 10.6 Å². The first kappa shape index (κ1) is 15.4. The highest BCUT2D eigenvalue weighted by atomic mass is 79.9. The first-order valence-electron chi connectivity index (χ1n) is 5.92. The van der Waals surface area contributed by atoms with Gasteiger partial charge < -0.3 is 5.32 Å². The molecule has 2 nitrogen and oxygen atoms in total. The quantitative estimate of drug-likeness (QED) is 0.734. The van der Waals surface area contributed by atoms with Crippen LogP contribution in [0, 0.1) is 6.92 Å². The van der Waals surface area contributed by atoms with Crippen LogP contribution in [0.5, 0.6) is 0 Å². The SMILES string of the molecule is CSc1ccc(Cl)c(C(=O)Nc2ccc(Br)c(C)c2)c1. The van der Waals surface area contributed by atoms with Crippen LogP contribution in [0.2, 0.25) is 5.02 Å². The average molecular weight is 371 g/mol. The smallest absolute Gasteiger partial charge is 0.257 e. The summed E-state index contributed by atoms with van der Waals surface area (Å²) in [6, 6.07) is 11.1. The van der Waals surface area contributed by atoms with E-state index in [2.05, 4.69) is 21.2 Å². The maximum Gasteiger partial charge on any atom is 0.257 e. The zero-order valence-electron chi connectivity index (χ0n) is 11.0. The Balaban J connectivity index is 2.25. The van der Waals surface area contributed by atoms with Crippen LogP contribution in [0.25, 0.3) is 0 Å². The van der Waals surface area contributed by atoms with Gasteiger partial charge in [0.2, 0.25) is 0 Å². The van der Waals surface area contributed by atoms with Gasteiger partial charge in [-0.2, -0.15) is 0 Å². The first-order chi connectivity index (χ1) is 9.51. The molecule has 0 atom stereocenters. The van der Waals surface area contributed by atoms with Crippen molar-refractivity contribution >= 4 is 50.9 Å². The number of rotatable bonds is 3. The van der Waals surface area contributed by atoms with Gasteiger partial charge in [-0.1, -0.05) is 27.5 Å². The minimum Gasteiger partial charge on any atom is -0.322 e. The van der Waals surface area contributed by atoms with Gasteiger partial charge in [0.25, 0.3) is 5.91 Å². The monoisotopic (exact) mass is 369 g/mol. The molecule has 1 amide bonds. The topological polar surface area (TPSA) is 29.1 Å². The summed E-state index contributed by atoms with van der Waals surface area (Å²) in [5.74, 6) is -0.201. The largest absolute Gasteiger partial charge is 0.322 e. The molecule has 0 aromatic heterocycles. The van der Waals surface area contributed by atoms with Crippen molar-refractivity contribution in [1.29, 1.82) is 0 Å². The number of hydrogen-bond acceptors (Lipinski definition) is 2. The average Bonchev–Trinajstić information content (AvgIpc) is 2.43. The minimum absolute atomic E-state index is 0.201. The Morgan fingerprint density at radius 3 is 2.65 bits per heavy atom. The summed E-state index contributed by atoms with van der Waals surface area (Å²) in [7, 11) is 0. The van der Waals surface area contributed by atoms with Crippen LogP contribution in [0.15, 0.2) is 45.8 Å². The molecular formula is C15H13BrClNOS. The number of benzene rings is 2. The molecule has 0 unspecified atom stereocenters. The molecule has 0 aliphatic carbocycles. The number of halogens is 2. The normalized spacial score (nSPS) is 10.4. The summed E-state index contributed by atoms with van der Waals surface area (Å²) in [5.41, 5.74) is 2.30. The summed E-state index contributed by atoms with van der Waals surface area (Å²) < 4.78 is 1.01. The third-order valence-electron chi connectivity index (χ3n) is 2.83. The zero-order valence-corrected chi connectivity index (χ0v) is 14.2. The number of thioether (sulfide) groups is 1. The zero-order chi connectivity index (χ0) is 14.7. The summed E-state index contributed by atoms with van der Waals surface area (Å²) in [6.45, 7) is 1.97. The second-order valence-corrected chi connectivity index (χ2v) is 6.41. The van der Waals surface area contributed by atoms with Gasteiger partial charge in [0.15, 0.2) is 0 Å². The highest BCUT2D eigenvalue weighted by Gasteiger charge is 2.12. The summed E-state index contributed by atoms with van der Waals surface area (Å²) >= 11 is 11.1. The van der Waals surface area contributed by atoms with Gasteiger partial charge in [-0.05, 0) is 55.1 Å². The van der Waals surface area contributed by atoms with Crippen LogP contribution in [0.1, 0.15) is 15.9 Å². The molecule has 20 heavy (non-hydrogen) atoms. The molecule has 0 heterocycles. The van der Waals surface area contributed by atoms with E-state index >= 15 is 0 Å². The Morgan fingerprint density at radius 2 is 2.00 bits per heavy atom. The van der Waals surface area contributed by atoms with E-state index in [1.165, 1.54) is 0 Å². The van der Waals surface area contributed by atoms with Gasteiger partial charge >= 0.3 is 0 Å². The lowest BCUT2D eigenvalue weighted by atomic mass is 10.2. The van der Waals surface area contributed by atoms with Crippen LogP contribution in [0.3, 0.4) is 0 Å². The molecule has 0 radical (unpaired) electrons. The highest BCUT2D eigenvalue weighted by Crippen LogP contribution is 2.25. The number of amides is 1. The molecule has 0 saturated carbocycles. The Labute approximate surface area is 136 Å². The highest BCUT2D eigenvalue weighted by molar-refractivity contribution is 9.10. The third-order valence-corrected chi connectivity index (χ3v) is 4.78. The lowest BCUT2D eigenvalue weighted by molar-refractivity contribution is 0.102. The number of carbonyl (C=O) groups excluding carboxylic acids is 1. The Morgan fingerprint density at radius 1 is 1.25 bits per heavy atom. The van der Waals surface area contributed by atoms with Crippen molar-refractivity contribution in [1.82, 2.24) is 0 Å². The van der Waals surface area contributed by atoms with Gasteiger partial charge in [0.05, 0.1) is 10.6 Å². The van der Waals surface area contributed by atoms with E-state index in [0.717, 1.165) is 20.6 Å². The molecular weight excluding hydrogens is 358 g/mol. The Bertz CT molecular complexity index is 660. The van der Waals surface area contributed by atoms with Gasteiger partial charge in [0, 0.05) is 15.1 Å². The van der Waals surface area contributed by atoms with E-state index in [9.17, 15) is 4.79 Å². The van der Waals surface area contributed by atoms with E-state index < -0.39 is 0 Å². The molecule has 104 valence electrons. The van der Waals surface area contributed by atoms with Crippen molar-refractivity contribution in [3.8, 4) is 0 Å². The number of anilines is 1. The van der Waals surface area contributed by atoms with Gasteiger partial charge in [0.1, 0.15) is 0 Å². The van der Waals surface area contributed by atoms with Crippen molar-refractivity contribution in [2.75, 3.05) is 11.6 Å². The molecule has 0 aliphatic heterocycles. The summed E-state index contributed by atoms with van der Waals surface area (Å²) in [6.07, 6.45) is 1.96. The molecule has 0 fully saturated rings. The Kier molecular flexibility index (Phi) is 5.13. The van der Waals surface area contributed by atoms with Crippen LogP contribution in [-0.2, 0) is 0 Å². The Hall–Kier alpha value is -0.970. The van der Waals surface area contributed by atoms with Crippen molar-refractivity contribution < 1.29 is 4.79 Å². The maximum absolute atomic E-state index is 12.3. The lowest BCUT2D eigenvalue weighted by Crippen LogP contribution is -2.12. The predicted octanol–water partition coefficient (Wildman–Crippen LogP) is 5.39. The van der Waals surface area contributed by atoms with Crippen molar-refractivity contribution in [2.24, 2.45) is 0 Å². The predicted molar refractivity (Wildman–Crippen MR) is 90.1 cm³/mol. The fourth-order valence-electron chi connectivity index (χ4n) is 1.73. The van der Waals surface area contributed by atoms with Crippen molar-refractivity contribution in [2.45, 2.75) is 11.8 Å². The maximum atomic E-state index is 12.3. The number of carbonyl (C=O) groups is 1. The minimum atomic E-state index is -0.201. The number of nitrogens with one attached hydrogen (secondary N) is 1. The molecule has 0 spiro atoms. The van der Waals surface area contributed by atoms with Crippen molar-refractivity contribution in [3.05, 3.63) is 57.0 Å². The summed E-state index contributed by atoms with van der Waals surface area (Å²) in [4.78, 5) is 13.3. The molecule has 2 aromatic rings. The van der Waals surface area contributed by atoms with Gasteiger partial charge in [-0.3, -0.25) is 4.79 Å². The standard InChI is InChI=1S/C15H13BrClNOS/c1-9-7-10(3-5-13(9)16)18-15(19)12-8-11(20-2)4-6-14(12)17/h3-8H,1-2H3,(H,18,19). The molecule has 0 bridgehead atoms. The first-order valence-corrected chi connectivity index (χ1v) is 8.32. The summed E-state index contributed by atoms with van der Waals surface area (Å²) in [5, 5.41) is 3.32. The fourth-order valence-corrected chi connectivity index (χ4v) is 2.62. The van der Waals surface area contributed by atoms with E-state index in [1.54, 1.807) is 23.9 Å². The molecule has 1 N–H and O–H groups in total. The molecule has 2 aromatic carbocycles. The van der Waals surface area contributed by atoms with Crippen molar-refractivity contribution in [3.63, 3.8) is 0 Å². The second-order valence-electron chi connectivity index (χ2n) is 4.26. The van der Waals surface area contributed by atoms with Crippen LogP contribution >= 0.6 is 39.3 Å². The van der Waals surface area contributed by atoms with Crippen LogP contribution in [-0.4, -0.2) is 12.2 Å². The molecule has 0 saturated heterocycles. The third kappa shape index (κ3) is 3.57. The van der Waals surface area contributed by atoms with Crippen LogP contribution < -0.4 is 5.32 Å². The molecule has 5 heteroatoms. The van der Waals surface area contributed by atoms with E-state index in [4.69, 9.17) is 11.6 Å². The molecule has 2 rings (SSSR count). The number of aryl methyl sites for hydroxylation is 1.